The van der Waals surface area contributed by atoms with Crippen molar-refractivity contribution >= 4 is 0 Å². The Morgan fingerprint density at radius 1 is 0.800 bits per heavy atom. The minimum absolute atomic E-state index is 0.104. The van der Waals surface area contributed by atoms with Crippen molar-refractivity contribution in [2.45, 2.75) is 81.2 Å². The van der Waals surface area contributed by atoms with Crippen LogP contribution in [0.15, 0.2) is 60.7 Å². The fourth-order valence-corrected chi connectivity index (χ4v) is 6.50. The molecule has 0 saturated heterocycles. The molecule has 2 heteroatoms. The monoisotopic (exact) mass is 404 g/mol. The van der Waals surface area contributed by atoms with Crippen LogP contribution in [0, 0.1) is 5.92 Å². The summed E-state index contributed by atoms with van der Waals surface area (Å²) in [6.45, 7) is 0. The van der Waals surface area contributed by atoms with Crippen molar-refractivity contribution in [2.24, 2.45) is 11.7 Å². The van der Waals surface area contributed by atoms with E-state index in [-0.39, 0.29) is 17.0 Å². The zero-order chi connectivity index (χ0) is 21.0. The van der Waals surface area contributed by atoms with E-state index in [2.05, 4.69) is 79.7 Å². The summed E-state index contributed by atoms with van der Waals surface area (Å²) in [7, 11) is 4.51. The van der Waals surface area contributed by atoms with Gasteiger partial charge in [0.25, 0.3) is 0 Å². The standard InChI is InChI=1S/C28H40N2/c1-30(2)28(25-16-10-5-11-17-25)20-18-27(19-21-28,24-14-8-4-9-15-24)26(29)22-23-12-6-3-7-13-23/h4-5,8-11,14-17,23,26H,3,6-7,12-13,18-22,29H2,1-2H3. The van der Waals surface area contributed by atoms with E-state index in [1.54, 1.807) is 0 Å². The van der Waals surface area contributed by atoms with Crippen molar-refractivity contribution in [3.8, 4) is 0 Å². The van der Waals surface area contributed by atoms with E-state index in [0.717, 1.165) is 31.6 Å². The van der Waals surface area contributed by atoms with E-state index in [0.29, 0.717) is 0 Å². The molecule has 0 aromatic heterocycles. The number of benzene rings is 2. The van der Waals surface area contributed by atoms with Gasteiger partial charge in [-0.3, -0.25) is 4.90 Å². The summed E-state index contributed by atoms with van der Waals surface area (Å²) >= 11 is 0. The molecule has 2 fully saturated rings. The second-order valence-electron chi connectivity index (χ2n) is 10.2. The Morgan fingerprint density at radius 3 is 1.87 bits per heavy atom. The van der Waals surface area contributed by atoms with Crippen LogP contribution in [0.2, 0.25) is 0 Å². The zero-order valence-electron chi connectivity index (χ0n) is 19.0. The van der Waals surface area contributed by atoms with Gasteiger partial charge in [0.2, 0.25) is 0 Å². The lowest BCUT2D eigenvalue weighted by atomic mass is 9.58. The third-order valence-electron chi connectivity index (χ3n) is 8.51. The van der Waals surface area contributed by atoms with Crippen molar-refractivity contribution in [1.82, 2.24) is 4.90 Å². The molecule has 1 unspecified atom stereocenters. The Labute approximate surface area is 183 Å². The molecule has 0 amide bonds. The number of rotatable bonds is 6. The van der Waals surface area contributed by atoms with Crippen molar-refractivity contribution < 1.29 is 0 Å². The maximum atomic E-state index is 7.14. The van der Waals surface area contributed by atoms with Gasteiger partial charge in [0.15, 0.2) is 0 Å². The van der Waals surface area contributed by atoms with E-state index in [4.69, 9.17) is 5.73 Å². The smallest absolute Gasteiger partial charge is 0.0455 e. The normalized spacial score (nSPS) is 29.1. The summed E-state index contributed by atoms with van der Waals surface area (Å²) in [5.41, 5.74) is 10.3. The lowest BCUT2D eigenvalue weighted by Gasteiger charge is -2.52. The molecule has 0 heterocycles. The van der Waals surface area contributed by atoms with Gasteiger partial charge in [0, 0.05) is 17.0 Å². The average Bonchev–Trinajstić information content (AvgIpc) is 2.81. The highest BCUT2D eigenvalue weighted by atomic mass is 15.1. The predicted molar refractivity (Wildman–Crippen MR) is 128 cm³/mol. The van der Waals surface area contributed by atoms with Crippen LogP contribution in [0.4, 0.5) is 0 Å². The number of nitrogens with zero attached hydrogens (tertiary/aromatic N) is 1. The lowest BCUT2D eigenvalue weighted by Crippen LogP contribution is -2.54. The Bertz CT molecular complexity index is 769. The van der Waals surface area contributed by atoms with Crippen LogP contribution in [0.3, 0.4) is 0 Å². The van der Waals surface area contributed by atoms with Gasteiger partial charge >= 0.3 is 0 Å². The lowest BCUT2D eigenvalue weighted by molar-refractivity contribution is 0.0519. The second-order valence-corrected chi connectivity index (χ2v) is 10.2. The molecule has 1 atom stereocenters. The van der Waals surface area contributed by atoms with Gasteiger partial charge in [0.1, 0.15) is 0 Å². The van der Waals surface area contributed by atoms with Crippen LogP contribution in [0.1, 0.15) is 75.3 Å². The molecule has 2 aromatic rings. The summed E-state index contributed by atoms with van der Waals surface area (Å²) in [5, 5.41) is 0. The number of nitrogens with two attached hydrogens (primary N) is 1. The molecule has 0 radical (unpaired) electrons. The van der Waals surface area contributed by atoms with E-state index >= 15 is 0 Å². The largest absolute Gasteiger partial charge is 0.327 e. The van der Waals surface area contributed by atoms with Gasteiger partial charge < -0.3 is 5.73 Å². The molecule has 2 saturated carbocycles. The summed E-state index contributed by atoms with van der Waals surface area (Å²) in [6, 6.07) is 22.6. The minimum Gasteiger partial charge on any atom is -0.327 e. The molecule has 4 rings (SSSR count). The SMILES string of the molecule is CN(C)C1(c2ccccc2)CCC(c2ccccc2)(C(N)CC2CCCCC2)CC1. The molecule has 0 aliphatic heterocycles. The molecule has 2 nitrogen and oxygen atoms in total. The molecule has 0 spiro atoms. The van der Waals surface area contributed by atoms with Gasteiger partial charge in [0.05, 0.1) is 0 Å². The first-order valence-electron chi connectivity index (χ1n) is 12.1. The molecule has 2 aromatic carbocycles. The fraction of sp³-hybridized carbons (Fsp3) is 0.571. The molecule has 30 heavy (non-hydrogen) atoms. The third kappa shape index (κ3) is 4.09. The van der Waals surface area contributed by atoms with E-state index in [1.807, 2.05) is 0 Å². The highest BCUT2D eigenvalue weighted by Gasteiger charge is 2.48. The molecule has 2 aliphatic rings. The Kier molecular flexibility index (Phi) is 6.65. The zero-order valence-corrected chi connectivity index (χ0v) is 19.0. The highest BCUT2D eigenvalue weighted by molar-refractivity contribution is 5.32. The Morgan fingerprint density at radius 2 is 1.33 bits per heavy atom. The summed E-state index contributed by atoms with van der Waals surface area (Å²) < 4.78 is 0. The van der Waals surface area contributed by atoms with Crippen molar-refractivity contribution in [2.75, 3.05) is 14.1 Å². The van der Waals surface area contributed by atoms with Crippen LogP contribution in [0.25, 0.3) is 0 Å². The Balaban J connectivity index is 1.62. The second kappa shape index (κ2) is 9.24. The fourth-order valence-electron chi connectivity index (χ4n) is 6.50. The van der Waals surface area contributed by atoms with Crippen LogP contribution < -0.4 is 5.73 Å². The first kappa shape index (κ1) is 21.6. The first-order valence-corrected chi connectivity index (χ1v) is 12.1. The third-order valence-corrected chi connectivity index (χ3v) is 8.51. The van der Waals surface area contributed by atoms with E-state index in [1.165, 1.54) is 49.7 Å². The summed E-state index contributed by atoms with van der Waals surface area (Å²) in [4.78, 5) is 2.46. The van der Waals surface area contributed by atoms with Gasteiger partial charge in [-0.15, -0.1) is 0 Å². The highest BCUT2D eigenvalue weighted by Crippen LogP contribution is 2.51. The van der Waals surface area contributed by atoms with Gasteiger partial charge in [-0.25, -0.2) is 0 Å². The molecule has 2 N–H and O–H groups in total. The van der Waals surface area contributed by atoms with Crippen molar-refractivity contribution in [3.63, 3.8) is 0 Å². The topological polar surface area (TPSA) is 29.3 Å². The molecular formula is C28H40N2. The number of hydrogen-bond acceptors (Lipinski definition) is 2. The maximum Gasteiger partial charge on any atom is 0.0455 e. The molecule has 2 aliphatic carbocycles. The molecule has 162 valence electrons. The van der Waals surface area contributed by atoms with Gasteiger partial charge in [-0.05, 0) is 63.2 Å². The van der Waals surface area contributed by atoms with Crippen LogP contribution >= 0.6 is 0 Å². The van der Waals surface area contributed by atoms with Crippen LogP contribution in [0.5, 0.6) is 0 Å². The van der Waals surface area contributed by atoms with Crippen LogP contribution in [-0.2, 0) is 11.0 Å². The summed E-state index contributed by atoms with van der Waals surface area (Å²) in [5.74, 6) is 0.823. The summed E-state index contributed by atoms with van der Waals surface area (Å²) in [6.07, 6.45) is 12.8. The average molecular weight is 405 g/mol. The maximum absolute atomic E-state index is 7.14. The minimum atomic E-state index is 0.104. The molecule has 0 bridgehead atoms. The first-order chi connectivity index (χ1) is 14.6. The van der Waals surface area contributed by atoms with E-state index < -0.39 is 0 Å². The quantitative estimate of drug-likeness (QED) is 0.616. The Hall–Kier alpha value is -1.64. The van der Waals surface area contributed by atoms with E-state index in [9.17, 15) is 0 Å². The van der Waals surface area contributed by atoms with Crippen molar-refractivity contribution in [3.05, 3.63) is 71.8 Å². The van der Waals surface area contributed by atoms with Crippen molar-refractivity contribution in [1.29, 1.82) is 0 Å². The molecular weight excluding hydrogens is 364 g/mol. The van der Waals surface area contributed by atoms with Gasteiger partial charge in [-0.1, -0.05) is 92.8 Å². The van der Waals surface area contributed by atoms with Gasteiger partial charge in [-0.2, -0.15) is 0 Å². The van der Waals surface area contributed by atoms with Crippen LogP contribution in [-0.4, -0.2) is 25.0 Å². The predicted octanol–water partition coefficient (Wildman–Crippen LogP) is 6.25. The number of hydrogen-bond donors (Lipinski definition) is 1.